The van der Waals surface area contributed by atoms with E-state index < -0.39 is 0 Å². The number of piperazine rings is 1. The average molecular weight is 474 g/mol. The zero-order valence-corrected chi connectivity index (χ0v) is 20.6. The molecule has 7 heteroatoms. The number of amides is 1. The van der Waals surface area contributed by atoms with E-state index in [-0.39, 0.29) is 11.5 Å². The van der Waals surface area contributed by atoms with E-state index in [4.69, 9.17) is 8.83 Å². The fraction of sp³-hybridized carbons (Fsp3) is 0.393. The van der Waals surface area contributed by atoms with Gasteiger partial charge in [-0.05, 0) is 68.5 Å². The van der Waals surface area contributed by atoms with Crippen LogP contribution in [-0.4, -0.2) is 53.4 Å². The van der Waals surface area contributed by atoms with Crippen LogP contribution in [0.3, 0.4) is 0 Å². The molecule has 0 unspecified atom stereocenters. The Labute approximate surface area is 204 Å². The van der Waals surface area contributed by atoms with Gasteiger partial charge in [0, 0.05) is 73.4 Å². The minimum absolute atomic E-state index is 0.0926. The number of aryl methyl sites for hydroxylation is 3. The highest BCUT2D eigenvalue weighted by molar-refractivity contribution is 5.99. The molecule has 1 aromatic carbocycles. The predicted molar refractivity (Wildman–Crippen MR) is 136 cm³/mol. The van der Waals surface area contributed by atoms with Gasteiger partial charge in [-0.15, -0.1) is 0 Å². The number of hydrogen-bond acceptors (Lipinski definition) is 6. The summed E-state index contributed by atoms with van der Waals surface area (Å²) < 4.78 is 11.4. The molecule has 182 valence electrons. The van der Waals surface area contributed by atoms with E-state index >= 15 is 0 Å². The van der Waals surface area contributed by atoms with Crippen LogP contribution in [0.1, 0.15) is 34.2 Å². The van der Waals surface area contributed by atoms with Crippen LogP contribution in [-0.2, 0) is 17.6 Å². The van der Waals surface area contributed by atoms with Crippen molar-refractivity contribution >= 4 is 27.8 Å². The molecule has 1 aliphatic heterocycles. The van der Waals surface area contributed by atoms with Gasteiger partial charge in [-0.3, -0.25) is 14.7 Å². The maximum Gasteiger partial charge on any atom is 0.339 e. The predicted octanol–water partition coefficient (Wildman–Crippen LogP) is 4.18. The molecule has 4 heterocycles. The fourth-order valence-corrected chi connectivity index (χ4v) is 5.06. The summed E-state index contributed by atoms with van der Waals surface area (Å²) in [6, 6.07) is 6.13. The van der Waals surface area contributed by atoms with Gasteiger partial charge in [0.05, 0.1) is 6.26 Å². The van der Waals surface area contributed by atoms with Gasteiger partial charge in [-0.2, -0.15) is 0 Å². The number of furan rings is 1. The molecular formula is C28H31N3O4. The maximum absolute atomic E-state index is 12.9. The van der Waals surface area contributed by atoms with Gasteiger partial charge in [-0.25, -0.2) is 4.79 Å². The number of hydrogen-bond donors (Lipinski definition) is 0. The molecule has 1 saturated heterocycles. The molecular weight excluding hydrogens is 442 g/mol. The van der Waals surface area contributed by atoms with Gasteiger partial charge in [0.15, 0.2) is 0 Å². The highest BCUT2D eigenvalue weighted by atomic mass is 16.4. The first kappa shape index (κ1) is 23.3. The summed E-state index contributed by atoms with van der Waals surface area (Å²) in [5.41, 5.74) is 5.57. The molecule has 0 atom stereocenters. The molecule has 0 aliphatic carbocycles. The van der Waals surface area contributed by atoms with Crippen molar-refractivity contribution in [3.63, 3.8) is 0 Å². The number of pyridine rings is 1. The highest BCUT2D eigenvalue weighted by Gasteiger charge is 2.22. The van der Waals surface area contributed by atoms with Crippen molar-refractivity contribution in [1.82, 2.24) is 14.8 Å². The van der Waals surface area contributed by atoms with Gasteiger partial charge in [-0.1, -0.05) is 0 Å². The summed E-state index contributed by atoms with van der Waals surface area (Å²) in [5.74, 6) is 0.0926. The quantitative estimate of drug-likeness (QED) is 0.391. The zero-order valence-electron chi connectivity index (χ0n) is 20.6. The van der Waals surface area contributed by atoms with Crippen molar-refractivity contribution in [3.05, 3.63) is 75.1 Å². The summed E-state index contributed by atoms with van der Waals surface area (Å²) in [7, 11) is 0. The van der Waals surface area contributed by atoms with E-state index in [1.165, 1.54) is 5.56 Å². The lowest BCUT2D eigenvalue weighted by Gasteiger charge is -2.34. The van der Waals surface area contributed by atoms with Crippen molar-refractivity contribution in [2.45, 2.75) is 40.0 Å². The van der Waals surface area contributed by atoms with Gasteiger partial charge >= 0.3 is 5.63 Å². The Bertz CT molecular complexity index is 1430. The number of carbonyl (C=O) groups excluding carboxylic acids is 1. The van der Waals surface area contributed by atoms with Gasteiger partial charge in [0.1, 0.15) is 11.2 Å². The van der Waals surface area contributed by atoms with Crippen LogP contribution < -0.4 is 5.63 Å². The number of fused-ring (bicyclic) bond motifs is 2. The van der Waals surface area contributed by atoms with E-state index in [9.17, 15) is 9.59 Å². The standard InChI is InChI=1S/C28H31N3O4/c1-18-17-34-26-20(3)27-24(16-23(18)26)19(2)22(28(33)35-27)4-5-25(32)31-14-12-30(13-15-31)11-8-21-6-9-29-10-7-21/h6-7,9-10,16-17H,4-5,8,11-15H2,1-3H3. The molecule has 0 saturated carbocycles. The largest absolute Gasteiger partial charge is 0.464 e. The first-order valence-corrected chi connectivity index (χ1v) is 12.2. The maximum atomic E-state index is 12.9. The summed E-state index contributed by atoms with van der Waals surface area (Å²) in [6.07, 6.45) is 7.04. The Hall–Kier alpha value is -3.45. The Morgan fingerprint density at radius 2 is 1.71 bits per heavy atom. The summed E-state index contributed by atoms with van der Waals surface area (Å²) in [6.45, 7) is 10.0. The van der Waals surface area contributed by atoms with E-state index in [0.717, 1.165) is 72.2 Å². The third kappa shape index (κ3) is 4.60. The Morgan fingerprint density at radius 1 is 0.971 bits per heavy atom. The normalized spacial score (nSPS) is 14.8. The summed E-state index contributed by atoms with van der Waals surface area (Å²) in [5, 5.41) is 1.93. The number of rotatable bonds is 6. The average Bonchev–Trinajstić information content (AvgIpc) is 3.25. The van der Waals surface area contributed by atoms with Crippen LogP contribution in [0.15, 0.2) is 50.5 Å². The lowest BCUT2D eigenvalue weighted by molar-refractivity contribution is -0.132. The molecule has 1 amide bonds. The molecule has 1 aliphatic rings. The van der Waals surface area contributed by atoms with Crippen molar-refractivity contribution in [2.75, 3.05) is 32.7 Å². The summed E-state index contributed by atoms with van der Waals surface area (Å²) in [4.78, 5) is 34.2. The third-order valence-corrected chi connectivity index (χ3v) is 7.32. The summed E-state index contributed by atoms with van der Waals surface area (Å²) >= 11 is 0. The van der Waals surface area contributed by atoms with Crippen LogP contribution in [0.25, 0.3) is 21.9 Å². The second kappa shape index (κ2) is 9.66. The Kier molecular flexibility index (Phi) is 6.43. The highest BCUT2D eigenvalue weighted by Crippen LogP contribution is 2.32. The smallest absolute Gasteiger partial charge is 0.339 e. The van der Waals surface area contributed by atoms with Crippen LogP contribution >= 0.6 is 0 Å². The minimum Gasteiger partial charge on any atom is -0.464 e. The van der Waals surface area contributed by atoms with Gasteiger partial charge in [0.2, 0.25) is 5.91 Å². The molecule has 1 fully saturated rings. The molecule has 0 radical (unpaired) electrons. The SMILES string of the molecule is Cc1coc2c(C)c3oc(=O)c(CCC(=O)N4CCN(CCc5ccncc5)CC4)c(C)c3cc12. The topological polar surface area (TPSA) is 79.8 Å². The number of carbonyl (C=O) groups is 1. The Balaban J connectivity index is 1.23. The molecule has 35 heavy (non-hydrogen) atoms. The second-order valence-electron chi connectivity index (χ2n) is 9.49. The van der Waals surface area contributed by atoms with Crippen molar-refractivity contribution in [3.8, 4) is 0 Å². The van der Waals surface area contributed by atoms with Crippen LogP contribution in [0.4, 0.5) is 0 Å². The first-order valence-electron chi connectivity index (χ1n) is 12.2. The molecule has 3 aromatic heterocycles. The lowest BCUT2D eigenvalue weighted by Crippen LogP contribution is -2.49. The molecule has 0 bridgehead atoms. The zero-order chi connectivity index (χ0) is 24.5. The molecule has 0 N–H and O–H groups in total. The minimum atomic E-state index is -0.366. The fourth-order valence-electron chi connectivity index (χ4n) is 5.06. The third-order valence-electron chi connectivity index (χ3n) is 7.32. The molecule has 7 nitrogen and oxygen atoms in total. The number of benzene rings is 1. The van der Waals surface area contributed by atoms with Crippen molar-refractivity contribution in [2.24, 2.45) is 0 Å². The van der Waals surface area contributed by atoms with Gasteiger partial charge in [0.25, 0.3) is 0 Å². The van der Waals surface area contributed by atoms with Crippen molar-refractivity contribution in [1.29, 1.82) is 0 Å². The lowest BCUT2D eigenvalue weighted by atomic mass is 9.98. The molecule has 4 aromatic rings. The molecule has 0 spiro atoms. The second-order valence-corrected chi connectivity index (χ2v) is 9.49. The van der Waals surface area contributed by atoms with E-state index in [0.29, 0.717) is 24.0 Å². The van der Waals surface area contributed by atoms with E-state index in [2.05, 4.69) is 9.88 Å². The molecule has 5 rings (SSSR count). The van der Waals surface area contributed by atoms with Gasteiger partial charge < -0.3 is 13.7 Å². The number of nitrogens with zero attached hydrogens (tertiary/aromatic N) is 3. The van der Waals surface area contributed by atoms with E-state index in [1.807, 2.05) is 56.3 Å². The van der Waals surface area contributed by atoms with Crippen LogP contribution in [0, 0.1) is 20.8 Å². The number of aromatic nitrogens is 1. The monoisotopic (exact) mass is 473 g/mol. The van der Waals surface area contributed by atoms with Crippen molar-refractivity contribution < 1.29 is 13.6 Å². The van der Waals surface area contributed by atoms with Crippen LogP contribution in [0.2, 0.25) is 0 Å². The van der Waals surface area contributed by atoms with Crippen LogP contribution in [0.5, 0.6) is 0 Å². The van der Waals surface area contributed by atoms with E-state index in [1.54, 1.807) is 6.26 Å². The Morgan fingerprint density at radius 3 is 2.46 bits per heavy atom. The first-order chi connectivity index (χ1) is 16.9.